The van der Waals surface area contributed by atoms with Gasteiger partial charge < -0.3 is 10.0 Å². The SMILES string of the molecule is N#CCCN(c1c(F)cccc1CO)C1CC1. The highest BCUT2D eigenvalue weighted by atomic mass is 19.1. The molecule has 0 aliphatic heterocycles. The van der Waals surface area contributed by atoms with E-state index in [1.165, 1.54) is 6.07 Å². The molecule has 0 bridgehead atoms. The summed E-state index contributed by atoms with van der Waals surface area (Å²) >= 11 is 0. The molecule has 90 valence electrons. The Morgan fingerprint density at radius 3 is 2.82 bits per heavy atom. The van der Waals surface area contributed by atoms with Gasteiger partial charge in [0, 0.05) is 18.2 Å². The Bertz CT molecular complexity index is 438. The molecule has 3 nitrogen and oxygen atoms in total. The molecule has 1 fully saturated rings. The zero-order valence-electron chi connectivity index (χ0n) is 9.56. The van der Waals surface area contributed by atoms with E-state index in [2.05, 4.69) is 6.07 Å². The van der Waals surface area contributed by atoms with Crippen LogP contribution in [0.25, 0.3) is 0 Å². The number of aliphatic hydroxyl groups excluding tert-OH is 1. The second-order valence-corrected chi connectivity index (χ2v) is 4.24. The zero-order chi connectivity index (χ0) is 12.3. The van der Waals surface area contributed by atoms with Gasteiger partial charge in [-0.2, -0.15) is 5.26 Å². The van der Waals surface area contributed by atoms with Crippen LogP contribution in [0.1, 0.15) is 24.8 Å². The average molecular weight is 234 g/mol. The highest BCUT2D eigenvalue weighted by Crippen LogP contribution is 2.35. The molecular weight excluding hydrogens is 219 g/mol. The molecule has 1 aliphatic carbocycles. The van der Waals surface area contributed by atoms with E-state index in [0.29, 0.717) is 30.3 Å². The maximum absolute atomic E-state index is 13.9. The minimum atomic E-state index is -0.318. The van der Waals surface area contributed by atoms with Crippen molar-refractivity contribution >= 4 is 5.69 Å². The average Bonchev–Trinajstić information content (AvgIpc) is 3.15. The van der Waals surface area contributed by atoms with Crippen LogP contribution in [0.15, 0.2) is 18.2 Å². The number of rotatable bonds is 5. The lowest BCUT2D eigenvalue weighted by molar-refractivity contribution is 0.281. The van der Waals surface area contributed by atoms with Gasteiger partial charge in [0.05, 0.1) is 24.8 Å². The third-order valence-electron chi connectivity index (χ3n) is 2.98. The van der Waals surface area contributed by atoms with Gasteiger partial charge in [-0.25, -0.2) is 4.39 Å². The van der Waals surface area contributed by atoms with E-state index in [-0.39, 0.29) is 12.4 Å². The number of halogens is 1. The van der Waals surface area contributed by atoms with Crippen molar-refractivity contribution in [3.8, 4) is 6.07 Å². The molecule has 1 saturated carbocycles. The minimum Gasteiger partial charge on any atom is -0.392 e. The standard InChI is InChI=1S/C13H15FN2O/c14-12-4-1-3-10(9-17)13(12)16(8-2-7-15)11-5-6-11/h1,3-4,11,17H,2,5-6,8-9H2. The summed E-state index contributed by atoms with van der Waals surface area (Å²) in [5.74, 6) is -0.318. The highest BCUT2D eigenvalue weighted by molar-refractivity contribution is 5.56. The van der Waals surface area contributed by atoms with Crippen LogP contribution >= 0.6 is 0 Å². The van der Waals surface area contributed by atoms with Crippen molar-refractivity contribution in [3.63, 3.8) is 0 Å². The number of anilines is 1. The summed E-state index contributed by atoms with van der Waals surface area (Å²) < 4.78 is 13.9. The van der Waals surface area contributed by atoms with Crippen LogP contribution in [0.3, 0.4) is 0 Å². The van der Waals surface area contributed by atoms with Crippen molar-refractivity contribution in [3.05, 3.63) is 29.6 Å². The number of nitrogens with zero attached hydrogens (tertiary/aromatic N) is 2. The Morgan fingerprint density at radius 2 is 2.24 bits per heavy atom. The van der Waals surface area contributed by atoms with Crippen LogP contribution in [0.5, 0.6) is 0 Å². The molecule has 0 heterocycles. The maximum atomic E-state index is 13.9. The Morgan fingerprint density at radius 1 is 1.47 bits per heavy atom. The van der Waals surface area contributed by atoms with Crippen molar-refractivity contribution in [2.45, 2.75) is 31.9 Å². The molecule has 0 amide bonds. The summed E-state index contributed by atoms with van der Waals surface area (Å²) in [6, 6.07) is 7.12. The molecule has 17 heavy (non-hydrogen) atoms. The summed E-state index contributed by atoms with van der Waals surface area (Å²) in [4.78, 5) is 1.92. The van der Waals surface area contributed by atoms with E-state index in [1.54, 1.807) is 12.1 Å². The summed E-state index contributed by atoms with van der Waals surface area (Å²) in [6.07, 6.45) is 2.44. The molecule has 1 aliphatic rings. The van der Waals surface area contributed by atoms with Gasteiger partial charge in [-0.05, 0) is 18.9 Å². The van der Waals surface area contributed by atoms with Crippen molar-refractivity contribution in [1.29, 1.82) is 5.26 Å². The second-order valence-electron chi connectivity index (χ2n) is 4.24. The van der Waals surface area contributed by atoms with Crippen LogP contribution in [-0.4, -0.2) is 17.7 Å². The maximum Gasteiger partial charge on any atom is 0.146 e. The van der Waals surface area contributed by atoms with Gasteiger partial charge in [-0.3, -0.25) is 0 Å². The van der Waals surface area contributed by atoms with E-state index in [0.717, 1.165) is 12.8 Å². The number of nitriles is 1. The fraction of sp³-hybridized carbons (Fsp3) is 0.462. The van der Waals surface area contributed by atoms with Gasteiger partial charge in [0.25, 0.3) is 0 Å². The largest absolute Gasteiger partial charge is 0.392 e. The van der Waals surface area contributed by atoms with E-state index in [9.17, 15) is 9.50 Å². The highest BCUT2D eigenvalue weighted by Gasteiger charge is 2.31. The minimum absolute atomic E-state index is 0.178. The number of hydrogen-bond acceptors (Lipinski definition) is 3. The van der Waals surface area contributed by atoms with Crippen LogP contribution < -0.4 is 4.90 Å². The first-order valence-corrected chi connectivity index (χ1v) is 5.79. The van der Waals surface area contributed by atoms with E-state index in [4.69, 9.17) is 5.26 Å². The first-order valence-electron chi connectivity index (χ1n) is 5.79. The smallest absolute Gasteiger partial charge is 0.146 e. The van der Waals surface area contributed by atoms with Crippen molar-refractivity contribution in [1.82, 2.24) is 0 Å². The Kier molecular flexibility index (Phi) is 3.60. The fourth-order valence-electron chi connectivity index (χ4n) is 2.04. The molecule has 1 N–H and O–H groups in total. The lowest BCUT2D eigenvalue weighted by Crippen LogP contribution is -2.28. The van der Waals surface area contributed by atoms with Gasteiger partial charge in [-0.15, -0.1) is 0 Å². The first-order chi connectivity index (χ1) is 8.27. The zero-order valence-corrected chi connectivity index (χ0v) is 9.56. The normalized spacial score (nSPS) is 14.4. The van der Waals surface area contributed by atoms with Crippen molar-refractivity contribution in [2.24, 2.45) is 0 Å². The molecule has 0 unspecified atom stereocenters. The monoisotopic (exact) mass is 234 g/mol. The number of hydrogen-bond donors (Lipinski definition) is 1. The van der Waals surface area contributed by atoms with Crippen molar-refractivity contribution in [2.75, 3.05) is 11.4 Å². The predicted molar refractivity (Wildman–Crippen MR) is 62.9 cm³/mol. The number of para-hydroxylation sites is 1. The molecule has 0 atom stereocenters. The molecule has 4 heteroatoms. The lowest BCUT2D eigenvalue weighted by atomic mass is 10.1. The van der Waals surface area contributed by atoms with Gasteiger partial charge >= 0.3 is 0 Å². The van der Waals surface area contributed by atoms with E-state index < -0.39 is 0 Å². The number of aliphatic hydroxyl groups is 1. The van der Waals surface area contributed by atoms with Gasteiger partial charge in [-0.1, -0.05) is 12.1 Å². The summed E-state index contributed by atoms with van der Waals surface area (Å²) in [7, 11) is 0. The third-order valence-corrected chi connectivity index (χ3v) is 2.98. The summed E-state index contributed by atoms with van der Waals surface area (Å²) in [5, 5.41) is 17.9. The first kappa shape index (κ1) is 11.9. The Balaban J connectivity index is 2.31. The molecule has 1 aromatic carbocycles. The van der Waals surface area contributed by atoms with Crippen LogP contribution in [0.4, 0.5) is 10.1 Å². The molecule has 1 aromatic rings. The van der Waals surface area contributed by atoms with Crippen LogP contribution in [-0.2, 0) is 6.61 Å². The molecular formula is C13H15FN2O. The van der Waals surface area contributed by atoms with Crippen molar-refractivity contribution < 1.29 is 9.50 Å². The Hall–Kier alpha value is -1.60. The summed E-state index contributed by atoms with van der Waals surface area (Å²) in [5.41, 5.74) is 1.06. The van der Waals surface area contributed by atoms with Gasteiger partial charge in [0.2, 0.25) is 0 Å². The van der Waals surface area contributed by atoms with Gasteiger partial charge in [0.15, 0.2) is 0 Å². The lowest BCUT2D eigenvalue weighted by Gasteiger charge is -2.26. The number of benzene rings is 1. The molecule has 2 rings (SSSR count). The molecule has 0 aromatic heterocycles. The van der Waals surface area contributed by atoms with E-state index in [1.807, 2.05) is 4.90 Å². The Labute approximate surface area is 100 Å². The fourth-order valence-corrected chi connectivity index (χ4v) is 2.04. The topological polar surface area (TPSA) is 47.3 Å². The summed E-state index contributed by atoms with van der Waals surface area (Å²) in [6.45, 7) is 0.345. The third kappa shape index (κ3) is 2.56. The van der Waals surface area contributed by atoms with Gasteiger partial charge in [0.1, 0.15) is 5.82 Å². The predicted octanol–water partition coefficient (Wildman–Crippen LogP) is 2.20. The van der Waals surface area contributed by atoms with Crippen LogP contribution in [0.2, 0.25) is 0 Å². The molecule has 0 radical (unpaired) electrons. The molecule has 0 spiro atoms. The quantitative estimate of drug-likeness (QED) is 0.849. The van der Waals surface area contributed by atoms with Crippen LogP contribution in [0, 0.1) is 17.1 Å². The van der Waals surface area contributed by atoms with E-state index >= 15 is 0 Å². The second kappa shape index (κ2) is 5.15. The molecule has 0 saturated heterocycles.